The van der Waals surface area contributed by atoms with Crippen molar-refractivity contribution in [1.82, 2.24) is 10.7 Å². The van der Waals surface area contributed by atoms with Crippen molar-refractivity contribution in [3.63, 3.8) is 0 Å². The number of carbonyl (C=O) groups excluding carboxylic acids is 1. The molecule has 6 nitrogen and oxygen atoms in total. The lowest BCUT2D eigenvalue weighted by Gasteiger charge is -2.17. The van der Waals surface area contributed by atoms with Gasteiger partial charge in [-0.3, -0.25) is 5.43 Å². The van der Waals surface area contributed by atoms with Gasteiger partial charge in [-0.2, -0.15) is 0 Å². The Morgan fingerprint density at radius 1 is 1.39 bits per heavy atom. The number of amides is 2. The van der Waals surface area contributed by atoms with E-state index in [1.165, 1.54) is 0 Å². The molecule has 1 aliphatic heterocycles. The van der Waals surface area contributed by atoms with Crippen LogP contribution in [0.25, 0.3) is 0 Å². The third-order valence-corrected chi connectivity index (χ3v) is 4.80. The highest BCUT2D eigenvalue weighted by atomic mass is 32.2. The lowest BCUT2D eigenvalue weighted by atomic mass is 10.1. The molecule has 0 aromatic heterocycles. The Labute approximate surface area is 105 Å². The molecule has 1 aromatic rings. The van der Waals surface area contributed by atoms with Crippen LogP contribution in [-0.2, 0) is 22.8 Å². The van der Waals surface area contributed by atoms with Gasteiger partial charge in [0.2, 0.25) is 0 Å². The van der Waals surface area contributed by atoms with E-state index in [0.717, 1.165) is 17.5 Å². The predicted octanol–water partition coefficient (Wildman–Crippen LogP) is 0.0794. The molecule has 0 unspecified atom stereocenters. The lowest BCUT2D eigenvalue weighted by molar-refractivity contribution is 0.241. The van der Waals surface area contributed by atoms with Gasteiger partial charge in [-0.25, -0.2) is 19.1 Å². The summed E-state index contributed by atoms with van der Waals surface area (Å²) in [5, 5.41) is 2.55. The standard InChI is InChI=1S/C11H15N3O3S/c12-14-11(15)13-7-8-3-4-10-9(6-8)2-1-5-18(10,16)17/h3-4,6H,1-2,5,7,12H2,(H2,13,14,15). The molecule has 2 amide bonds. The Hall–Kier alpha value is -1.60. The average molecular weight is 269 g/mol. The fraction of sp³-hybridized carbons (Fsp3) is 0.364. The molecular weight excluding hydrogens is 254 g/mol. The first-order valence-electron chi connectivity index (χ1n) is 5.62. The maximum Gasteiger partial charge on any atom is 0.329 e. The first-order valence-corrected chi connectivity index (χ1v) is 7.27. The number of hydrazine groups is 1. The van der Waals surface area contributed by atoms with Gasteiger partial charge in [0, 0.05) is 6.54 Å². The van der Waals surface area contributed by atoms with Crippen LogP contribution in [0.4, 0.5) is 4.79 Å². The zero-order valence-corrected chi connectivity index (χ0v) is 10.6. The Balaban J connectivity index is 2.20. The number of urea groups is 1. The summed E-state index contributed by atoms with van der Waals surface area (Å²) in [6.45, 7) is 0.316. The van der Waals surface area contributed by atoms with Crippen molar-refractivity contribution >= 4 is 15.9 Å². The van der Waals surface area contributed by atoms with Crippen molar-refractivity contribution in [3.8, 4) is 0 Å². The Morgan fingerprint density at radius 3 is 2.89 bits per heavy atom. The molecule has 98 valence electrons. The number of nitrogens with two attached hydrogens (primary N) is 1. The zero-order chi connectivity index (χ0) is 13.2. The summed E-state index contributed by atoms with van der Waals surface area (Å²) in [5.41, 5.74) is 3.65. The molecule has 1 aromatic carbocycles. The van der Waals surface area contributed by atoms with E-state index >= 15 is 0 Å². The van der Waals surface area contributed by atoms with Crippen molar-refractivity contribution in [3.05, 3.63) is 29.3 Å². The molecule has 0 fully saturated rings. The summed E-state index contributed by atoms with van der Waals surface area (Å²) in [4.78, 5) is 11.4. The molecule has 0 radical (unpaired) electrons. The summed E-state index contributed by atoms with van der Waals surface area (Å²) in [7, 11) is -3.11. The van der Waals surface area contributed by atoms with Gasteiger partial charge < -0.3 is 5.32 Å². The van der Waals surface area contributed by atoms with Crippen LogP contribution in [0.2, 0.25) is 0 Å². The van der Waals surface area contributed by atoms with Crippen LogP contribution in [0.15, 0.2) is 23.1 Å². The Bertz CT molecular complexity index is 569. The number of benzene rings is 1. The highest BCUT2D eigenvalue weighted by molar-refractivity contribution is 7.91. The van der Waals surface area contributed by atoms with Gasteiger partial charge in [-0.15, -0.1) is 0 Å². The van der Waals surface area contributed by atoms with Crippen LogP contribution in [-0.4, -0.2) is 20.2 Å². The molecule has 0 bridgehead atoms. The number of aryl methyl sites for hydroxylation is 1. The summed E-state index contributed by atoms with van der Waals surface area (Å²) >= 11 is 0. The van der Waals surface area contributed by atoms with Crippen molar-refractivity contribution in [2.24, 2.45) is 5.84 Å². The highest BCUT2D eigenvalue weighted by Gasteiger charge is 2.23. The molecule has 0 aliphatic carbocycles. The van der Waals surface area contributed by atoms with Gasteiger partial charge >= 0.3 is 6.03 Å². The fourth-order valence-corrected chi connectivity index (χ4v) is 3.62. The predicted molar refractivity (Wildman–Crippen MR) is 66.4 cm³/mol. The van der Waals surface area contributed by atoms with Gasteiger partial charge in [0.15, 0.2) is 9.84 Å². The van der Waals surface area contributed by atoms with Gasteiger partial charge in [-0.1, -0.05) is 12.1 Å². The summed E-state index contributed by atoms with van der Waals surface area (Å²) < 4.78 is 23.6. The minimum absolute atomic E-state index is 0.215. The van der Waals surface area contributed by atoms with Crippen LogP contribution in [0.1, 0.15) is 17.5 Å². The number of rotatable bonds is 2. The van der Waals surface area contributed by atoms with Gasteiger partial charge in [0.05, 0.1) is 10.6 Å². The van der Waals surface area contributed by atoms with E-state index in [0.29, 0.717) is 17.9 Å². The van der Waals surface area contributed by atoms with Crippen molar-refractivity contribution < 1.29 is 13.2 Å². The Morgan fingerprint density at radius 2 is 2.17 bits per heavy atom. The SMILES string of the molecule is NNC(=O)NCc1ccc2c(c1)CCCS2(=O)=O. The van der Waals surface area contributed by atoms with E-state index in [-0.39, 0.29) is 5.75 Å². The van der Waals surface area contributed by atoms with Crippen molar-refractivity contribution in [1.29, 1.82) is 0 Å². The molecule has 0 saturated heterocycles. The third-order valence-electron chi connectivity index (χ3n) is 2.90. The molecule has 0 spiro atoms. The number of nitrogens with one attached hydrogen (secondary N) is 2. The molecule has 0 atom stereocenters. The van der Waals surface area contributed by atoms with E-state index in [4.69, 9.17) is 5.84 Å². The van der Waals surface area contributed by atoms with Crippen molar-refractivity contribution in [2.45, 2.75) is 24.3 Å². The fourth-order valence-electron chi connectivity index (χ4n) is 2.04. The number of hydrogen-bond donors (Lipinski definition) is 3. The summed E-state index contributed by atoms with van der Waals surface area (Å²) in [6, 6.07) is 4.67. The van der Waals surface area contributed by atoms with E-state index in [2.05, 4.69) is 5.32 Å². The second-order valence-corrected chi connectivity index (χ2v) is 6.27. The number of fused-ring (bicyclic) bond motifs is 1. The minimum atomic E-state index is -3.11. The molecule has 2 rings (SSSR count). The molecule has 0 saturated carbocycles. The van der Waals surface area contributed by atoms with Gasteiger partial charge in [-0.05, 0) is 30.0 Å². The molecule has 7 heteroatoms. The highest BCUT2D eigenvalue weighted by Crippen LogP contribution is 2.25. The second-order valence-electron chi connectivity index (χ2n) is 4.19. The summed E-state index contributed by atoms with van der Waals surface area (Å²) in [5.74, 6) is 5.16. The van der Waals surface area contributed by atoms with Crippen LogP contribution < -0.4 is 16.6 Å². The van der Waals surface area contributed by atoms with Crippen LogP contribution in [0, 0.1) is 0 Å². The third kappa shape index (κ3) is 2.62. The summed E-state index contributed by atoms with van der Waals surface area (Å²) in [6.07, 6.45) is 1.40. The number of carbonyl (C=O) groups is 1. The van der Waals surface area contributed by atoms with E-state index in [9.17, 15) is 13.2 Å². The van der Waals surface area contributed by atoms with Crippen molar-refractivity contribution in [2.75, 3.05) is 5.75 Å². The number of hydrogen-bond acceptors (Lipinski definition) is 4. The number of sulfone groups is 1. The molecule has 18 heavy (non-hydrogen) atoms. The van der Waals surface area contributed by atoms with Gasteiger partial charge in [0.1, 0.15) is 0 Å². The quantitative estimate of drug-likeness (QED) is 0.402. The average Bonchev–Trinajstić information content (AvgIpc) is 2.35. The van der Waals surface area contributed by atoms with Crippen LogP contribution >= 0.6 is 0 Å². The van der Waals surface area contributed by atoms with E-state index < -0.39 is 15.9 Å². The molecule has 4 N–H and O–H groups in total. The molecular formula is C11H15N3O3S. The molecule has 1 aliphatic rings. The van der Waals surface area contributed by atoms with Crippen LogP contribution in [0.5, 0.6) is 0 Å². The lowest BCUT2D eigenvalue weighted by Crippen LogP contribution is -2.39. The molecule has 1 heterocycles. The minimum Gasteiger partial charge on any atom is -0.333 e. The second kappa shape index (κ2) is 4.95. The maximum absolute atomic E-state index is 11.8. The largest absolute Gasteiger partial charge is 0.333 e. The smallest absolute Gasteiger partial charge is 0.329 e. The van der Waals surface area contributed by atoms with E-state index in [1.54, 1.807) is 12.1 Å². The van der Waals surface area contributed by atoms with Gasteiger partial charge in [0.25, 0.3) is 0 Å². The van der Waals surface area contributed by atoms with E-state index in [1.807, 2.05) is 11.5 Å². The zero-order valence-electron chi connectivity index (χ0n) is 9.77. The Kier molecular flexibility index (Phi) is 3.53. The maximum atomic E-state index is 11.8. The first kappa shape index (κ1) is 12.8. The normalized spacial score (nSPS) is 16.7. The first-order chi connectivity index (χ1) is 8.53. The van der Waals surface area contributed by atoms with Crippen LogP contribution in [0.3, 0.4) is 0 Å². The monoisotopic (exact) mass is 269 g/mol. The topological polar surface area (TPSA) is 101 Å².